The fourth-order valence-corrected chi connectivity index (χ4v) is 3.26. The second-order valence-electron chi connectivity index (χ2n) is 6.40. The van der Waals surface area contributed by atoms with Crippen LogP contribution in [0.3, 0.4) is 0 Å². The molecule has 0 unspecified atom stereocenters. The number of amides is 1. The highest BCUT2D eigenvalue weighted by atomic mass is 79.9. The van der Waals surface area contributed by atoms with Crippen molar-refractivity contribution in [3.8, 4) is 5.82 Å². The minimum Gasteiger partial charge on any atom is -0.352 e. The molecule has 0 radical (unpaired) electrons. The highest BCUT2D eigenvalue weighted by molar-refractivity contribution is 9.10. The van der Waals surface area contributed by atoms with Crippen LogP contribution in [0.2, 0.25) is 0 Å². The standard InChI is InChI=1S/C20H17BrN6O2/c21-15-2-3-17-16(11-15)20(29)26(13-24-17)9-5-19(28)23-12-14-4-7-22-18(10-14)27-8-1-6-25-27/h1-4,6-8,10-11,13H,5,9,12H2,(H,23,28). The van der Waals surface area contributed by atoms with Crippen molar-refractivity contribution in [1.82, 2.24) is 29.6 Å². The van der Waals surface area contributed by atoms with E-state index in [-0.39, 0.29) is 24.4 Å². The highest BCUT2D eigenvalue weighted by Gasteiger charge is 2.08. The number of carbonyl (C=O) groups excluding carboxylic acids is 1. The lowest BCUT2D eigenvalue weighted by atomic mass is 10.2. The summed E-state index contributed by atoms with van der Waals surface area (Å²) < 4.78 is 3.92. The number of halogens is 1. The number of pyridine rings is 1. The van der Waals surface area contributed by atoms with Crippen molar-refractivity contribution >= 4 is 32.7 Å². The SMILES string of the molecule is O=C(CCn1cnc2ccc(Br)cc2c1=O)NCc1ccnc(-n2cccn2)c1. The molecule has 3 heterocycles. The van der Waals surface area contributed by atoms with Crippen molar-refractivity contribution in [2.24, 2.45) is 0 Å². The molecule has 0 saturated carbocycles. The quantitative estimate of drug-likeness (QED) is 0.484. The van der Waals surface area contributed by atoms with Gasteiger partial charge in [-0.1, -0.05) is 15.9 Å². The number of fused-ring (bicyclic) bond motifs is 1. The molecule has 9 heteroatoms. The molecular weight excluding hydrogens is 436 g/mol. The molecule has 0 aliphatic rings. The van der Waals surface area contributed by atoms with E-state index in [4.69, 9.17) is 0 Å². The number of hydrogen-bond acceptors (Lipinski definition) is 5. The molecule has 0 atom stereocenters. The van der Waals surface area contributed by atoms with Gasteiger partial charge in [0, 0.05) is 42.6 Å². The maximum absolute atomic E-state index is 12.6. The van der Waals surface area contributed by atoms with E-state index in [2.05, 4.69) is 36.3 Å². The topological polar surface area (TPSA) is 94.7 Å². The largest absolute Gasteiger partial charge is 0.352 e. The molecule has 8 nitrogen and oxygen atoms in total. The smallest absolute Gasteiger partial charge is 0.261 e. The third-order valence-corrected chi connectivity index (χ3v) is 4.90. The van der Waals surface area contributed by atoms with Crippen LogP contribution in [-0.4, -0.2) is 30.2 Å². The number of aromatic nitrogens is 5. The van der Waals surface area contributed by atoms with Crippen LogP contribution < -0.4 is 10.9 Å². The Labute approximate surface area is 174 Å². The van der Waals surface area contributed by atoms with Crippen molar-refractivity contribution < 1.29 is 4.79 Å². The monoisotopic (exact) mass is 452 g/mol. The van der Waals surface area contributed by atoms with Gasteiger partial charge in [0.05, 0.1) is 17.2 Å². The van der Waals surface area contributed by atoms with Gasteiger partial charge in [0.25, 0.3) is 5.56 Å². The summed E-state index contributed by atoms with van der Waals surface area (Å²) in [6.45, 7) is 0.627. The van der Waals surface area contributed by atoms with E-state index >= 15 is 0 Å². The summed E-state index contributed by atoms with van der Waals surface area (Å²) in [7, 11) is 0. The van der Waals surface area contributed by atoms with Gasteiger partial charge in [-0.15, -0.1) is 0 Å². The second kappa shape index (κ2) is 8.36. The van der Waals surface area contributed by atoms with Crippen molar-refractivity contribution in [2.75, 3.05) is 0 Å². The maximum atomic E-state index is 12.6. The molecule has 0 bridgehead atoms. The summed E-state index contributed by atoms with van der Waals surface area (Å²) in [5.74, 6) is 0.533. The van der Waals surface area contributed by atoms with E-state index in [0.717, 1.165) is 10.0 Å². The van der Waals surface area contributed by atoms with E-state index in [1.54, 1.807) is 35.4 Å². The lowest BCUT2D eigenvalue weighted by molar-refractivity contribution is -0.121. The van der Waals surface area contributed by atoms with E-state index < -0.39 is 0 Å². The van der Waals surface area contributed by atoms with Crippen LogP contribution in [0.15, 0.2) is 70.6 Å². The first-order valence-electron chi connectivity index (χ1n) is 8.96. The third kappa shape index (κ3) is 4.40. The van der Waals surface area contributed by atoms with Crippen molar-refractivity contribution in [3.63, 3.8) is 0 Å². The van der Waals surface area contributed by atoms with Gasteiger partial charge >= 0.3 is 0 Å². The predicted molar refractivity (Wildman–Crippen MR) is 112 cm³/mol. The first-order chi connectivity index (χ1) is 14.1. The third-order valence-electron chi connectivity index (χ3n) is 4.40. The Kier molecular flexibility index (Phi) is 5.48. The van der Waals surface area contributed by atoms with Gasteiger partial charge in [-0.2, -0.15) is 5.10 Å². The van der Waals surface area contributed by atoms with Crippen LogP contribution in [-0.2, 0) is 17.9 Å². The van der Waals surface area contributed by atoms with Gasteiger partial charge in [-0.25, -0.2) is 14.6 Å². The number of hydrogen-bond donors (Lipinski definition) is 1. The number of aryl methyl sites for hydroxylation is 1. The molecule has 0 fully saturated rings. The van der Waals surface area contributed by atoms with Crippen LogP contribution in [0.4, 0.5) is 0 Å². The summed E-state index contributed by atoms with van der Waals surface area (Å²) >= 11 is 3.36. The molecular formula is C20H17BrN6O2. The average molecular weight is 453 g/mol. The van der Waals surface area contributed by atoms with Crippen molar-refractivity contribution in [2.45, 2.75) is 19.5 Å². The zero-order valence-corrected chi connectivity index (χ0v) is 16.9. The molecule has 0 saturated heterocycles. The van der Waals surface area contributed by atoms with E-state index in [0.29, 0.717) is 23.3 Å². The van der Waals surface area contributed by atoms with Gasteiger partial charge in [-0.3, -0.25) is 14.2 Å². The zero-order chi connectivity index (χ0) is 20.2. The summed E-state index contributed by atoms with van der Waals surface area (Å²) in [6.07, 6.45) is 6.82. The Balaban J connectivity index is 1.37. The first kappa shape index (κ1) is 19.0. The van der Waals surface area contributed by atoms with E-state index in [1.807, 2.05) is 24.3 Å². The number of nitrogens with one attached hydrogen (secondary N) is 1. The Morgan fingerprint density at radius 2 is 2.03 bits per heavy atom. The minimum atomic E-state index is -0.165. The van der Waals surface area contributed by atoms with Crippen molar-refractivity contribution in [1.29, 1.82) is 0 Å². The Morgan fingerprint density at radius 1 is 1.14 bits per heavy atom. The van der Waals surface area contributed by atoms with Crippen LogP contribution in [0.1, 0.15) is 12.0 Å². The maximum Gasteiger partial charge on any atom is 0.261 e. The number of nitrogens with zero attached hydrogens (tertiary/aromatic N) is 5. The molecule has 1 amide bonds. The normalized spacial score (nSPS) is 10.9. The summed E-state index contributed by atoms with van der Waals surface area (Å²) in [4.78, 5) is 33.4. The molecule has 4 aromatic rings. The minimum absolute atomic E-state index is 0.149. The summed E-state index contributed by atoms with van der Waals surface area (Å²) in [5, 5.41) is 7.53. The average Bonchev–Trinajstić information content (AvgIpc) is 3.27. The van der Waals surface area contributed by atoms with Gasteiger partial charge < -0.3 is 5.32 Å². The van der Waals surface area contributed by atoms with Crippen molar-refractivity contribution in [3.05, 3.63) is 81.7 Å². The highest BCUT2D eigenvalue weighted by Crippen LogP contribution is 2.14. The molecule has 3 aromatic heterocycles. The van der Waals surface area contributed by atoms with Crippen LogP contribution in [0.5, 0.6) is 0 Å². The van der Waals surface area contributed by atoms with E-state index in [1.165, 1.54) is 10.9 Å². The van der Waals surface area contributed by atoms with Gasteiger partial charge in [-0.05, 0) is 42.0 Å². The fraction of sp³-hybridized carbons (Fsp3) is 0.150. The van der Waals surface area contributed by atoms with Crippen LogP contribution in [0.25, 0.3) is 16.7 Å². The number of carbonyl (C=O) groups is 1. The lowest BCUT2D eigenvalue weighted by Gasteiger charge is -2.09. The fourth-order valence-electron chi connectivity index (χ4n) is 2.90. The first-order valence-corrected chi connectivity index (χ1v) is 9.76. The summed E-state index contributed by atoms with van der Waals surface area (Å²) in [6, 6.07) is 10.9. The van der Waals surface area contributed by atoms with Crippen LogP contribution in [0, 0.1) is 0 Å². The number of benzene rings is 1. The van der Waals surface area contributed by atoms with Gasteiger partial charge in [0.1, 0.15) is 0 Å². The molecule has 0 aliphatic carbocycles. The van der Waals surface area contributed by atoms with Gasteiger partial charge in [0.15, 0.2) is 5.82 Å². The molecule has 0 aliphatic heterocycles. The molecule has 4 rings (SSSR count). The molecule has 0 spiro atoms. The number of rotatable bonds is 6. The van der Waals surface area contributed by atoms with Crippen LogP contribution >= 0.6 is 15.9 Å². The Hall–Kier alpha value is -3.33. The molecule has 1 N–H and O–H groups in total. The van der Waals surface area contributed by atoms with Gasteiger partial charge in [0.2, 0.25) is 5.91 Å². The van der Waals surface area contributed by atoms with E-state index in [9.17, 15) is 9.59 Å². The molecule has 29 heavy (non-hydrogen) atoms. The zero-order valence-electron chi connectivity index (χ0n) is 15.3. The Bertz CT molecular complexity index is 1220. The molecule has 1 aromatic carbocycles. The second-order valence-corrected chi connectivity index (χ2v) is 7.32. The Morgan fingerprint density at radius 3 is 2.86 bits per heavy atom. The lowest BCUT2D eigenvalue weighted by Crippen LogP contribution is -2.27. The summed E-state index contributed by atoms with van der Waals surface area (Å²) in [5.41, 5.74) is 1.37. The molecule has 146 valence electrons. The predicted octanol–water partition coefficient (Wildman–Crippen LogP) is 2.45.